The molecule has 10 nitrogen and oxygen atoms in total. The van der Waals surface area contributed by atoms with Gasteiger partial charge in [-0.05, 0) is 0 Å². The molecule has 0 amide bonds. The first kappa shape index (κ1) is 17.9. The van der Waals surface area contributed by atoms with E-state index in [9.17, 15) is 25.5 Å². The van der Waals surface area contributed by atoms with E-state index in [0.29, 0.717) is 0 Å². The molecule has 2 fully saturated rings. The molecule has 0 bridgehead atoms. The van der Waals surface area contributed by atoms with Crippen LogP contribution in [0.1, 0.15) is 6.42 Å². The molecule has 8 atom stereocenters. The van der Waals surface area contributed by atoms with Gasteiger partial charge in [0.1, 0.15) is 30.5 Å². The van der Waals surface area contributed by atoms with Crippen LogP contribution >= 0.6 is 0 Å². The van der Waals surface area contributed by atoms with Crippen LogP contribution in [0.4, 0.5) is 0 Å². The predicted molar refractivity (Wildman–Crippen MR) is 67.3 cm³/mol. The van der Waals surface area contributed by atoms with Gasteiger partial charge in [0.2, 0.25) is 0 Å². The lowest BCUT2D eigenvalue weighted by molar-refractivity contribution is -0.371. The van der Waals surface area contributed by atoms with Gasteiger partial charge >= 0.3 is 0 Å². The molecule has 2 aliphatic heterocycles. The van der Waals surface area contributed by atoms with Crippen molar-refractivity contribution in [3.05, 3.63) is 0 Å². The van der Waals surface area contributed by atoms with E-state index in [2.05, 4.69) is 0 Å². The Bertz CT molecular complexity index is 366. The van der Waals surface area contributed by atoms with Crippen molar-refractivity contribution in [3.8, 4) is 0 Å². The van der Waals surface area contributed by atoms with Crippen LogP contribution in [0.5, 0.6) is 0 Å². The van der Waals surface area contributed by atoms with Crippen molar-refractivity contribution in [2.45, 2.75) is 55.1 Å². The van der Waals surface area contributed by atoms with Gasteiger partial charge in [0.25, 0.3) is 0 Å². The Morgan fingerprint density at radius 3 is 2.05 bits per heavy atom. The monoisotopic (exact) mass is 326 g/mol. The van der Waals surface area contributed by atoms with Gasteiger partial charge in [-0.15, -0.1) is 0 Å². The van der Waals surface area contributed by atoms with E-state index in [1.807, 2.05) is 0 Å². The quantitative estimate of drug-likeness (QED) is 0.262. The third kappa shape index (κ3) is 3.26. The van der Waals surface area contributed by atoms with Gasteiger partial charge in [-0.2, -0.15) is 0 Å². The van der Waals surface area contributed by atoms with E-state index in [1.54, 1.807) is 0 Å². The average molecular weight is 326 g/mol. The molecular weight excluding hydrogens is 304 g/mol. The fourth-order valence-electron chi connectivity index (χ4n) is 2.60. The molecule has 22 heavy (non-hydrogen) atoms. The van der Waals surface area contributed by atoms with Gasteiger partial charge in [-0.3, -0.25) is 0 Å². The molecule has 2 aliphatic rings. The maximum atomic E-state index is 9.89. The fourth-order valence-corrected chi connectivity index (χ4v) is 2.60. The predicted octanol–water partition coefficient (Wildman–Crippen LogP) is -4.37. The summed E-state index contributed by atoms with van der Waals surface area (Å²) in [6.45, 7) is -1.82. The van der Waals surface area contributed by atoms with Crippen molar-refractivity contribution in [1.82, 2.24) is 0 Å². The Kier molecular flexibility index (Phi) is 5.72. The lowest BCUT2D eigenvalue weighted by Gasteiger charge is -2.42. The summed E-state index contributed by atoms with van der Waals surface area (Å²) in [6, 6.07) is 0. The number of aliphatic hydroxyl groups is 7. The van der Waals surface area contributed by atoms with Gasteiger partial charge in [0, 0.05) is 6.42 Å². The molecule has 0 radical (unpaired) electrons. The fraction of sp³-hybridized carbons (Fsp3) is 1.00. The third-order valence-electron chi connectivity index (χ3n) is 3.92. The number of hydrogen-bond donors (Lipinski definition) is 7. The first-order valence-corrected chi connectivity index (χ1v) is 6.93. The molecule has 2 saturated heterocycles. The summed E-state index contributed by atoms with van der Waals surface area (Å²) >= 11 is 0. The van der Waals surface area contributed by atoms with Gasteiger partial charge in [-0.25, -0.2) is 0 Å². The van der Waals surface area contributed by atoms with Crippen molar-refractivity contribution < 1.29 is 50.0 Å². The maximum Gasteiger partial charge on any atom is 0.197 e. The largest absolute Gasteiger partial charge is 0.394 e. The van der Waals surface area contributed by atoms with Gasteiger partial charge in [-0.1, -0.05) is 0 Å². The smallest absolute Gasteiger partial charge is 0.197 e. The van der Waals surface area contributed by atoms with E-state index in [1.165, 1.54) is 0 Å². The number of hydrogen-bond acceptors (Lipinski definition) is 10. The SMILES string of the molecule is OCC1O[C@H](O[C@@]2(CO)C[C@@H](O)C(CO)O2)C(O)C(O)[C@@H]1O. The van der Waals surface area contributed by atoms with Crippen LogP contribution < -0.4 is 0 Å². The molecule has 0 saturated carbocycles. The summed E-state index contributed by atoms with van der Waals surface area (Å²) in [5.41, 5.74) is 0. The highest BCUT2D eigenvalue weighted by atomic mass is 16.8. The molecule has 2 heterocycles. The second-order valence-corrected chi connectivity index (χ2v) is 5.49. The molecule has 0 aromatic carbocycles. The zero-order valence-electron chi connectivity index (χ0n) is 11.7. The minimum atomic E-state index is -1.74. The summed E-state index contributed by atoms with van der Waals surface area (Å²) in [7, 11) is 0. The van der Waals surface area contributed by atoms with E-state index >= 15 is 0 Å². The summed E-state index contributed by atoms with van der Waals surface area (Å²) in [5.74, 6) is -1.74. The molecule has 0 aliphatic carbocycles. The summed E-state index contributed by atoms with van der Waals surface area (Å²) < 4.78 is 15.8. The highest BCUT2D eigenvalue weighted by Gasteiger charge is 2.52. The number of aliphatic hydroxyl groups excluding tert-OH is 7. The summed E-state index contributed by atoms with van der Waals surface area (Å²) in [5, 5.41) is 66.6. The van der Waals surface area contributed by atoms with Gasteiger partial charge in [0.05, 0.1) is 25.9 Å². The molecular formula is C12H22O10. The van der Waals surface area contributed by atoms with Crippen LogP contribution in [0.25, 0.3) is 0 Å². The second-order valence-electron chi connectivity index (χ2n) is 5.49. The van der Waals surface area contributed by atoms with Crippen molar-refractivity contribution in [1.29, 1.82) is 0 Å². The summed E-state index contributed by atoms with van der Waals surface area (Å²) in [6.07, 6.45) is -9.76. The van der Waals surface area contributed by atoms with Crippen molar-refractivity contribution in [3.63, 3.8) is 0 Å². The lowest BCUT2D eigenvalue weighted by Crippen LogP contribution is -2.61. The van der Waals surface area contributed by atoms with Crippen LogP contribution in [-0.2, 0) is 14.2 Å². The molecule has 0 aromatic heterocycles. The average Bonchev–Trinajstić information content (AvgIpc) is 2.84. The Morgan fingerprint density at radius 1 is 0.909 bits per heavy atom. The van der Waals surface area contributed by atoms with Gasteiger partial charge in [0.15, 0.2) is 12.1 Å². The zero-order chi connectivity index (χ0) is 16.5. The number of ether oxygens (including phenoxy) is 3. The minimum Gasteiger partial charge on any atom is -0.394 e. The Balaban J connectivity index is 2.10. The molecule has 0 spiro atoms. The molecule has 4 unspecified atom stereocenters. The van der Waals surface area contributed by atoms with E-state index in [4.69, 9.17) is 24.4 Å². The van der Waals surface area contributed by atoms with Crippen LogP contribution in [0.15, 0.2) is 0 Å². The highest BCUT2D eigenvalue weighted by molar-refractivity contribution is 4.92. The molecule has 130 valence electrons. The van der Waals surface area contributed by atoms with Gasteiger partial charge < -0.3 is 50.0 Å². The maximum absolute atomic E-state index is 9.89. The Labute approximate surface area is 126 Å². The van der Waals surface area contributed by atoms with Crippen molar-refractivity contribution in [2.24, 2.45) is 0 Å². The molecule has 7 N–H and O–H groups in total. The zero-order valence-corrected chi connectivity index (χ0v) is 11.7. The number of rotatable bonds is 5. The normalized spacial score (nSPS) is 49.5. The molecule has 0 aromatic rings. The topological polar surface area (TPSA) is 169 Å². The van der Waals surface area contributed by atoms with E-state index in [-0.39, 0.29) is 6.42 Å². The van der Waals surface area contributed by atoms with Crippen LogP contribution in [0.3, 0.4) is 0 Å². The van der Waals surface area contributed by atoms with Crippen LogP contribution in [0.2, 0.25) is 0 Å². The minimum absolute atomic E-state index is 0.191. The summed E-state index contributed by atoms with van der Waals surface area (Å²) in [4.78, 5) is 0. The van der Waals surface area contributed by atoms with Crippen molar-refractivity contribution in [2.75, 3.05) is 19.8 Å². The standard InChI is InChI=1S/C12H22O10/c13-2-6-5(16)1-12(4-15,21-6)22-11-10(19)9(18)8(17)7(3-14)20-11/h5-11,13-19H,1-4H2/t5-,6?,7?,8-,9?,10?,11-,12-/m1/s1. The Morgan fingerprint density at radius 2 is 1.55 bits per heavy atom. The van der Waals surface area contributed by atoms with Crippen LogP contribution in [0, 0.1) is 0 Å². The lowest BCUT2D eigenvalue weighted by atomic mass is 9.99. The Hall–Kier alpha value is -0.400. The van der Waals surface area contributed by atoms with Crippen molar-refractivity contribution >= 4 is 0 Å². The highest BCUT2D eigenvalue weighted by Crippen LogP contribution is 2.35. The first-order valence-electron chi connectivity index (χ1n) is 6.93. The first-order chi connectivity index (χ1) is 10.4. The van der Waals surface area contributed by atoms with E-state index < -0.39 is 68.5 Å². The molecule has 10 heteroatoms. The van der Waals surface area contributed by atoms with Crippen LogP contribution in [-0.4, -0.2) is 104 Å². The molecule has 2 rings (SSSR count). The van der Waals surface area contributed by atoms with E-state index in [0.717, 1.165) is 0 Å². The second kappa shape index (κ2) is 7.01. The third-order valence-corrected chi connectivity index (χ3v) is 3.92.